The van der Waals surface area contributed by atoms with Crippen molar-refractivity contribution in [3.63, 3.8) is 0 Å². The fraction of sp³-hybridized carbons (Fsp3) is 0.556. The molecule has 0 unspecified atom stereocenters. The Morgan fingerprint density at radius 2 is 1.55 bits per heavy atom. The second kappa shape index (κ2) is 6.38. The molecule has 1 aromatic heterocycles. The minimum atomic E-state index is 1.25. The van der Waals surface area contributed by atoms with Gasteiger partial charge in [0.05, 0.1) is 0 Å². The van der Waals surface area contributed by atoms with Crippen LogP contribution in [-0.2, 0) is 0 Å². The van der Waals surface area contributed by atoms with Crippen molar-refractivity contribution >= 4 is 11.3 Å². The lowest BCUT2D eigenvalue weighted by molar-refractivity contribution is 0.520. The Hall–Kier alpha value is -0.340. The molecular formula is C9H15NS. The molecule has 1 nitrogen and oxygen atoms in total. The Morgan fingerprint density at radius 3 is 1.73 bits per heavy atom. The van der Waals surface area contributed by atoms with Gasteiger partial charge in [-0.25, -0.2) is 0 Å². The number of rotatable bonds is 0. The van der Waals surface area contributed by atoms with Crippen LogP contribution in [0.2, 0.25) is 0 Å². The van der Waals surface area contributed by atoms with Gasteiger partial charge in [0, 0.05) is 0 Å². The molecule has 2 heteroatoms. The molecule has 11 heavy (non-hydrogen) atoms. The Kier molecular flexibility index (Phi) is 5.07. The average Bonchev–Trinajstić information content (AvgIpc) is 2.64. The van der Waals surface area contributed by atoms with E-state index in [1.807, 2.05) is 22.9 Å². The highest BCUT2D eigenvalue weighted by atomic mass is 32.1. The maximum Gasteiger partial charge on any atom is -0.00489 e. The molecule has 1 aliphatic heterocycles. The van der Waals surface area contributed by atoms with Gasteiger partial charge in [0.1, 0.15) is 0 Å². The molecule has 0 amide bonds. The van der Waals surface area contributed by atoms with Gasteiger partial charge >= 0.3 is 0 Å². The van der Waals surface area contributed by atoms with Crippen LogP contribution in [0, 0.1) is 0 Å². The summed E-state index contributed by atoms with van der Waals surface area (Å²) >= 11 is 1.71. The summed E-state index contributed by atoms with van der Waals surface area (Å²) in [5.74, 6) is 0. The lowest BCUT2D eigenvalue weighted by atomic mass is 10.2. The number of thiophene rings is 1. The molecule has 1 aliphatic rings. The maximum atomic E-state index is 3.28. The number of piperidine rings is 1. The summed E-state index contributed by atoms with van der Waals surface area (Å²) in [4.78, 5) is 0. The van der Waals surface area contributed by atoms with Gasteiger partial charge in [-0.3, -0.25) is 0 Å². The largest absolute Gasteiger partial charge is 0.317 e. The lowest BCUT2D eigenvalue weighted by Gasteiger charge is -2.08. The summed E-state index contributed by atoms with van der Waals surface area (Å²) < 4.78 is 0. The van der Waals surface area contributed by atoms with Gasteiger partial charge in [0.25, 0.3) is 0 Å². The van der Waals surface area contributed by atoms with Crippen molar-refractivity contribution in [2.24, 2.45) is 0 Å². The van der Waals surface area contributed by atoms with Crippen molar-refractivity contribution < 1.29 is 0 Å². The zero-order chi connectivity index (χ0) is 7.78. The second-order valence-corrected chi connectivity index (χ2v) is 3.42. The van der Waals surface area contributed by atoms with E-state index in [4.69, 9.17) is 0 Å². The van der Waals surface area contributed by atoms with E-state index in [9.17, 15) is 0 Å². The van der Waals surface area contributed by atoms with Crippen LogP contribution in [0.4, 0.5) is 0 Å². The molecule has 1 N–H and O–H groups in total. The van der Waals surface area contributed by atoms with E-state index in [0.717, 1.165) is 0 Å². The van der Waals surface area contributed by atoms with Crippen molar-refractivity contribution in [2.75, 3.05) is 13.1 Å². The van der Waals surface area contributed by atoms with Gasteiger partial charge in [-0.15, -0.1) is 0 Å². The molecule has 1 fully saturated rings. The Morgan fingerprint density at radius 1 is 0.909 bits per heavy atom. The van der Waals surface area contributed by atoms with Gasteiger partial charge < -0.3 is 5.32 Å². The third-order valence-electron chi connectivity index (χ3n) is 1.63. The van der Waals surface area contributed by atoms with Gasteiger partial charge in [-0.2, -0.15) is 11.3 Å². The third kappa shape index (κ3) is 4.99. The Labute approximate surface area is 72.4 Å². The summed E-state index contributed by atoms with van der Waals surface area (Å²) in [6, 6.07) is 4.04. The van der Waals surface area contributed by atoms with E-state index in [1.54, 1.807) is 11.3 Å². The molecule has 0 aromatic carbocycles. The minimum Gasteiger partial charge on any atom is -0.317 e. The monoisotopic (exact) mass is 169 g/mol. The summed E-state index contributed by atoms with van der Waals surface area (Å²) in [5.41, 5.74) is 0. The van der Waals surface area contributed by atoms with E-state index >= 15 is 0 Å². The first-order valence-corrected chi connectivity index (χ1v) is 5.12. The first-order chi connectivity index (χ1) is 5.50. The van der Waals surface area contributed by atoms with E-state index in [2.05, 4.69) is 5.32 Å². The fourth-order valence-corrected chi connectivity index (χ4v) is 1.48. The van der Waals surface area contributed by atoms with Crippen LogP contribution in [0.15, 0.2) is 22.9 Å². The van der Waals surface area contributed by atoms with Crippen LogP contribution in [-0.4, -0.2) is 13.1 Å². The molecular weight excluding hydrogens is 154 g/mol. The van der Waals surface area contributed by atoms with Crippen molar-refractivity contribution in [3.05, 3.63) is 22.9 Å². The van der Waals surface area contributed by atoms with E-state index < -0.39 is 0 Å². The quantitative estimate of drug-likeness (QED) is 0.629. The topological polar surface area (TPSA) is 12.0 Å². The molecule has 0 saturated carbocycles. The lowest BCUT2D eigenvalue weighted by Crippen LogP contribution is -2.21. The molecule has 0 atom stereocenters. The summed E-state index contributed by atoms with van der Waals surface area (Å²) in [6.07, 6.45) is 4.22. The minimum absolute atomic E-state index is 1.25. The van der Waals surface area contributed by atoms with Crippen molar-refractivity contribution in [1.82, 2.24) is 5.32 Å². The molecule has 1 saturated heterocycles. The van der Waals surface area contributed by atoms with E-state index in [-0.39, 0.29) is 0 Å². The van der Waals surface area contributed by atoms with Crippen molar-refractivity contribution in [3.8, 4) is 0 Å². The zero-order valence-electron chi connectivity index (χ0n) is 6.75. The fourth-order valence-electron chi connectivity index (χ4n) is 1.03. The Bertz CT molecular complexity index is 116. The van der Waals surface area contributed by atoms with Crippen LogP contribution < -0.4 is 5.32 Å². The molecule has 0 bridgehead atoms. The van der Waals surface area contributed by atoms with E-state index in [0.29, 0.717) is 0 Å². The van der Waals surface area contributed by atoms with Gasteiger partial charge in [0.2, 0.25) is 0 Å². The molecule has 0 spiro atoms. The Balaban J connectivity index is 0.000000112. The smallest absolute Gasteiger partial charge is 0.00489 e. The summed E-state index contributed by atoms with van der Waals surface area (Å²) in [6.45, 7) is 2.50. The second-order valence-electron chi connectivity index (χ2n) is 2.60. The average molecular weight is 169 g/mol. The van der Waals surface area contributed by atoms with Crippen molar-refractivity contribution in [2.45, 2.75) is 19.3 Å². The predicted octanol–water partition coefficient (Wildman–Crippen LogP) is 2.51. The summed E-state index contributed by atoms with van der Waals surface area (Å²) in [7, 11) is 0. The highest BCUT2D eigenvalue weighted by Crippen LogP contribution is 1.96. The van der Waals surface area contributed by atoms with Crippen LogP contribution >= 0.6 is 11.3 Å². The first kappa shape index (κ1) is 8.75. The van der Waals surface area contributed by atoms with Crippen LogP contribution in [0.25, 0.3) is 0 Å². The highest BCUT2D eigenvalue weighted by Gasteiger charge is 1.93. The van der Waals surface area contributed by atoms with Crippen LogP contribution in [0.3, 0.4) is 0 Å². The zero-order valence-corrected chi connectivity index (χ0v) is 7.57. The van der Waals surface area contributed by atoms with Crippen molar-refractivity contribution in [1.29, 1.82) is 0 Å². The van der Waals surface area contributed by atoms with Crippen LogP contribution in [0.5, 0.6) is 0 Å². The van der Waals surface area contributed by atoms with E-state index in [1.165, 1.54) is 32.4 Å². The molecule has 0 radical (unpaired) electrons. The van der Waals surface area contributed by atoms with Gasteiger partial charge in [0.15, 0.2) is 0 Å². The number of hydrogen-bond donors (Lipinski definition) is 1. The third-order valence-corrected chi connectivity index (χ3v) is 2.26. The predicted molar refractivity (Wildman–Crippen MR) is 51.0 cm³/mol. The highest BCUT2D eigenvalue weighted by molar-refractivity contribution is 7.07. The summed E-state index contributed by atoms with van der Waals surface area (Å²) in [5, 5.41) is 7.37. The molecule has 2 heterocycles. The first-order valence-electron chi connectivity index (χ1n) is 4.18. The molecule has 1 aromatic rings. The van der Waals surface area contributed by atoms with Crippen LogP contribution in [0.1, 0.15) is 19.3 Å². The SMILES string of the molecule is C1CCNCC1.c1ccsc1. The normalized spacial score (nSPS) is 16.7. The van der Waals surface area contributed by atoms with Gasteiger partial charge in [-0.05, 0) is 36.7 Å². The standard InChI is InChI=1S/C5H11N.C4H4S/c1-2-4-6-5-3-1;1-2-4-5-3-1/h6H,1-5H2;1-4H. The molecule has 62 valence electrons. The van der Waals surface area contributed by atoms with Gasteiger partial charge in [-0.1, -0.05) is 18.6 Å². The maximum absolute atomic E-state index is 3.28. The number of hydrogen-bond acceptors (Lipinski definition) is 2. The molecule has 2 rings (SSSR count). The number of nitrogens with one attached hydrogen (secondary N) is 1. The molecule has 0 aliphatic carbocycles.